The van der Waals surface area contributed by atoms with Gasteiger partial charge in [-0.05, 0) is 12.2 Å². The number of aliphatic hydroxyl groups is 1. The fraction of sp³-hybridized carbons (Fsp3) is 0.250. The lowest BCUT2D eigenvalue weighted by Crippen LogP contribution is -2.34. The molecule has 0 atom stereocenters. The third-order valence-electron chi connectivity index (χ3n) is 1.78. The van der Waals surface area contributed by atoms with Gasteiger partial charge in [0.2, 0.25) is 0 Å². The topological polar surface area (TPSA) is 39.9 Å². The fourth-order valence-electron chi connectivity index (χ4n) is 1.20. The van der Waals surface area contributed by atoms with Gasteiger partial charge in [0.05, 0.1) is 4.70 Å². The van der Waals surface area contributed by atoms with Crippen LogP contribution in [0.2, 0.25) is 0 Å². The average Bonchev–Trinajstić information content (AvgIpc) is 2.44. The van der Waals surface area contributed by atoms with E-state index in [-0.39, 0.29) is 6.61 Å². The van der Waals surface area contributed by atoms with E-state index in [2.05, 4.69) is 4.98 Å². The highest BCUT2D eigenvalue weighted by Crippen LogP contribution is 2.16. The van der Waals surface area contributed by atoms with Crippen molar-refractivity contribution in [3.8, 4) is 0 Å². The maximum absolute atomic E-state index is 8.75. The third-order valence-corrected chi connectivity index (χ3v) is 2.99. The number of H-pyrrole nitrogens is 1. The second kappa shape index (κ2) is 3.53. The largest absolute Gasteiger partial charge is 0.390 e. The molecule has 0 fully saturated rings. The Labute approximate surface area is 84.3 Å². The Bertz CT molecular complexity index is 474. The molecule has 0 saturated heterocycles. The lowest BCUT2D eigenvalue weighted by atomic mass is 10.4. The molecule has 5 heteroatoms. The van der Waals surface area contributed by atoms with Crippen molar-refractivity contribution in [3.05, 3.63) is 22.4 Å². The van der Waals surface area contributed by atoms with Crippen LogP contribution in [-0.4, -0.2) is 16.7 Å². The minimum atomic E-state index is 0.154. The monoisotopic (exact) mass is 213 g/mol. The van der Waals surface area contributed by atoms with Gasteiger partial charge in [0.15, 0.2) is 22.9 Å². The van der Waals surface area contributed by atoms with Gasteiger partial charge < -0.3 is 10.1 Å². The van der Waals surface area contributed by atoms with Gasteiger partial charge in [-0.3, -0.25) is 0 Å². The molecule has 0 bridgehead atoms. The molecule has 68 valence electrons. The summed E-state index contributed by atoms with van der Waals surface area (Å²) in [5.41, 5.74) is 1.03. The summed E-state index contributed by atoms with van der Waals surface area (Å²) in [6, 6.07) is 2.00. The zero-order valence-corrected chi connectivity index (χ0v) is 8.49. The summed E-state index contributed by atoms with van der Waals surface area (Å²) < 4.78 is 3.87. The van der Waals surface area contributed by atoms with Crippen molar-refractivity contribution in [2.45, 2.75) is 6.54 Å². The molecule has 0 amide bonds. The molecular weight excluding hydrogens is 204 g/mol. The van der Waals surface area contributed by atoms with Crippen LogP contribution >= 0.6 is 23.6 Å². The molecule has 2 rings (SSSR count). The lowest BCUT2D eigenvalue weighted by molar-refractivity contribution is -0.696. The maximum Gasteiger partial charge on any atom is 0.194 e. The molecular formula is C8H9N2OS2+. The van der Waals surface area contributed by atoms with Gasteiger partial charge in [0, 0.05) is 6.07 Å². The number of thiazole rings is 1. The SMILES string of the molecule is OCC[n+]1ccc2sc(=S)[nH]c2c1. The molecule has 2 aromatic heterocycles. The highest BCUT2D eigenvalue weighted by atomic mass is 32.1. The Balaban J connectivity index is 2.54. The average molecular weight is 213 g/mol. The zero-order chi connectivity index (χ0) is 9.26. The number of fused-ring (bicyclic) bond motifs is 1. The number of hydrogen-bond donors (Lipinski definition) is 2. The standard InChI is InChI=1S/C8H8N2OS2/c11-4-3-10-2-1-7-6(5-10)9-8(12)13-7/h1-2,5,11H,3-4H2/p+1. The normalized spacial score (nSPS) is 10.8. The van der Waals surface area contributed by atoms with E-state index in [0.29, 0.717) is 6.54 Å². The van der Waals surface area contributed by atoms with Gasteiger partial charge >= 0.3 is 0 Å². The first kappa shape index (κ1) is 8.80. The summed E-state index contributed by atoms with van der Waals surface area (Å²) in [7, 11) is 0. The second-order valence-electron chi connectivity index (χ2n) is 2.70. The molecule has 3 nitrogen and oxygen atoms in total. The summed E-state index contributed by atoms with van der Waals surface area (Å²) in [6.07, 6.45) is 3.90. The first-order valence-electron chi connectivity index (χ1n) is 3.92. The first-order valence-corrected chi connectivity index (χ1v) is 5.15. The van der Waals surface area contributed by atoms with E-state index >= 15 is 0 Å². The molecule has 2 N–H and O–H groups in total. The Hall–Kier alpha value is -0.780. The van der Waals surface area contributed by atoms with Crippen LogP contribution in [0.15, 0.2) is 18.5 Å². The van der Waals surface area contributed by atoms with Gasteiger partial charge in [-0.1, -0.05) is 0 Å². The number of aromatic amines is 1. The molecule has 2 aromatic rings. The molecule has 0 aliphatic heterocycles. The Morgan fingerprint density at radius 2 is 2.46 bits per heavy atom. The predicted octanol–water partition coefficient (Wildman–Crippen LogP) is 1.24. The third kappa shape index (κ3) is 1.77. The summed E-state index contributed by atoms with van der Waals surface area (Å²) in [6.45, 7) is 0.771. The molecule has 0 aliphatic carbocycles. The van der Waals surface area contributed by atoms with E-state index in [9.17, 15) is 0 Å². The van der Waals surface area contributed by atoms with E-state index in [4.69, 9.17) is 17.3 Å². The van der Waals surface area contributed by atoms with Crippen LogP contribution in [0.4, 0.5) is 0 Å². The van der Waals surface area contributed by atoms with Crippen molar-refractivity contribution < 1.29 is 9.67 Å². The van der Waals surface area contributed by atoms with Crippen LogP contribution in [0.3, 0.4) is 0 Å². The lowest BCUT2D eigenvalue weighted by Gasteiger charge is -1.91. The number of nitrogens with one attached hydrogen (secondary N) is 1. The van der Waals surface area contributed by atoms with Crippen LogP contribution in [-0.2, 0) is 6.54 Å². The smallest absolute Gasteiger partial charge is 0.194 e. The van der Waals surface area contributed by atoms with Gasteiger partial charge in [-0.15, -0.1) is 11.3 Å². The molecule has 0 aromatic carbocycles. The molecule has 0 aliphatic rings. The second-order valence-corrected chi connectivity index (χ2v) is 4.42. The van der Waals surface area contributed by atoms with Crippen LogP contribution in [0.25, 0.3) is 10.2 Å². The highest BCUT2D eigenvalue weighted by Gasteiger charge is 2.03. The molecule has 2 heterocycles. The Morgan fingerprint density at radius 1 is 1.62 bits per heavy atom. The van der Waals surface area contributed by atoms with Crippen LogP contribution in [0.5, 0.6) is 0 Å². The van der Waals surface area contributed by atoms with E-state index < -0.39 is 0 Å². The summed E-state index contributed by atoms with van der Waals surface area (Å²) in [4.78, 5) is 3.09. The number of nitrogens with zero attached hydrogens (tertiary/aromatic N) is 1. The van der Waals surface area contributed by atoms with Gasteiger partial charge in [0.1, 0.15) is 12.1 Å². The molecule has 13 heavy (non-hydrogen) atoms. The highest BCUT2D eigenvalue weighted by molar-refractivity contribution is 7.73. The molecule has 0 saturated carbocycles. The number of hydrogen-bond acceptors (Lipinski definition) is 3. The minimum absolute atomic E-state index is 0.154. The van der Waals surface area contributed by atoms with E-state index in [1.807, 2.05) is 23.0 Å². The van der Waals surface area contributed by atoms with Crippen LogP contribution < -0.4 is 4.57 Å². The molecule has 0 unspecified atom stereocenters. The number of aromatic nitrogens is 2. The fourth-order valence-corrected chi connectivity index (χ4v) is 2.28. The van der Waals surface area contributed by atoms with E-state index in [1.54, 1.807) is 11.3 Å². The maximum atomic E-state index is 8.75. The van der Waals surface area contributed by atoms with Crippen molar-refractivity contribution in [2.75, 3.05) is 6.61 Å². The minimum Gasteiger partial charge on any atom is -0.390 e. The predicted molar refractivity (Wildman–Crippen MR) is 54.3 cm³/mol. The summed E-state index contributed by atoms with van der Waals surface area (Å²) in [5.74, 6) is 0. The number of pyridine rings is 1. The Morgan fingerprint density at radius 3 is 3.23 bits per heavy atom. The van der Waals surface area contributed by atoms with Crippen molar-refractivity contribution in [2.24, 2.45) is 0 Å². The van der Waals surface area contributed by atoms with Gasteiger partial charge in [0.25, 0.3) is 0 Å². The zero-order valence-electron chi connectivity index (χ0n) is 6.86. The first-order chi connectivity index (χ1) is 6.29. The van der Waals surface area contributed by atoms with Crippen LogP contribution in [0.1, 0.15) is 0 Å². The molecule has 0 radical (unpaired) electrons. The molecule has 0 spiro atoms. The van der Waals surface area contributed by atoms with E-state index in [1.165, 1.54) is 0 Å². The van der Waals surface area contributed by atoms with Crippen LogP contribution in [0, 0.1) is 3.95 Å². The van der Waals surface area contributed by atoms with Gasteiger partial charge in [-0.25, -0.2) is 4.57 Å². The van der Waals surface area contributed by atoms with Gasteiger partial charge in [-0.2, -0.15) is 0 Å². The van der Waals surface area contributed by atoms with Crippen molar-refractivity contribution in [1.82, 2.24) is 4.98 Å². The van der Waals surface area contributed by atoms with E-state index in [0.717, 1.165) is 14.2 Å². The summed E-state index contributed by atoms with van der Waals surface area (Å²) >= 11 is 6.59. The number of rotatable bonds is 2. The summed E-state index contributed by atoms with van der Waals surface area (Å²) in [5, 5.41) is 8.75. The van der Waals surface area contributed by atoms with Crippen molar-refractivity contribution >= 4 is 33.8 Å². The van der Waals surface area contributed by atoms with Crippen molar-refractivity contribution in [3.63, 3.8) is 0 Å². The quantitative estimate of drug-likeness (QED) is 0.582. The number of aliphatic hydroxyl groups excluding tert-OH is 1. The Kier molecular flexibility index (Phi) is 2.39. The van der Waals surface area contributed by atoms with Crippen molar-refractivity contribution in [1.29, 1.82) is 0 Å².